The summed E-state index contributed by atoms with van der Waals surface area (Å²) in [6.07, 6.45) is -4.46. The van der Waals surface area contributed by atoms with Gasteiger partial charge in [0.1, 0.15) is 17.6 Å². The van der Waals surface area contributed by atoms with Crippen molar-refractivity contribution in [1.29, 1.82) is 0 Å². The zero-order chi connectivity index (χ0) is 15.6. The predicted molar refractivity (Wildman–Crippen MR) is 70.1 cm³/mol. The van der Waals surface area contributed by atoms with Crippen molar-refractivity contribution in [1.82, 2.24) is 9.88 Å². The number of anilines is 1. The molecule has 1 saturated heterocycles. The number of hydrogen-bond acceptors (Lipinski definition) is 4. The maximum absolute atomic E-state index is 12.6. The summed E-state index contributed by atoms with van der Waals surface area (Å²) in [6, 6.07) is 3.21. The van der Waals surface area contributed by atoms with Gasteiger partial charge in [0.15, 0.2) is 0 Å². The molecular weight excluding hydrogens is 287 g/mol. The van der Waals surface area contributed by atoms with Crippen molar-refractivity contribution in [3.05, 3.63) is 23.9 Å². The second-order valence-corrected chi connectivity index (χ2v) is 4.92. The Balaban J connectivity index is 2.04. The third-order valence-corrected chi connectivity index (χ3v) is 3.57. The Morgan fingerprint density at radius 2 is 1.90 bits per heavy atom. The Bertz CT molecular complexity index is 514. The molecule has 0 radical (unpaired) electrons. The maximum atomic E-state index is 12.6. The molecular formula is C13H16F3N3O2. The standard InChI is InChI=1S/C13H16F3N3O2/c1-9(12(20)21)18-5-7-19(8-6-18)11-4-2-3-10(17-11)13(14,15)16/h2-4,9H,5-8H2,1H3,(H,20,21). The molecule has 1 unspecified atom stereocenters. The Kier molecular flexibility index (Phi) is 4.36. The van der Waals surface area contributed by atoms with E-state index in [1.165, 1.54) is 12.1 Å². The fourth-order valence-electron chi connectivity index (χ4n) is 2.25. The van der Waals surface area contributed by atoms with Gasteiger partial charge < -0.3 is 10.0 Å². The zero-order valence-corrected chi connectivity index (χ0v) is 11.5. The number of rotatable bonds is 3. The van der Waals surface area contributed by atoms with E-state index >= 15 is 0 Å². The summed E-state index contributed by atoms with van der Waals surface area (Å²) >= 11 is 0. The van der Waals surface area contributed by atoms with Gasteiger partial charge in [0.05, 0.1) is 0 Å². The minimum absolute atomic E-state index is 0.271. The number of nitrogens with zero attached hydrogens (tertiary/aromatic N) is 3. The molecule has 8 heteroatoms. The lowest BCUT2D eigenvalue weighted by Gasteiger charge is -2.37. The van der Waals surface area contributed by atoms with Crippen molar-refractivity contribution < 1.29 is 23.1 Å². The van der Waals surface area contributed by atoms with Gasteiger partial charge in [-0.3, -0.25) is 9.69 Å². The van der Waals surface area contributed by atoms with Crippen molar-refractivity contribution in [2.45, 2.75) is 19.1 Å². The Hall–Kier alpha value is -1.83. The van der Waals surface area contributed by atoms with E-state index in [0.717, 1.165) is 6.07 Å². The molecule has 0 aromatic carbocycles. The first-order chi connectivity index (χ1) is 9.79. The van der Waals surface area contributed by atoms with Crippen LogP contribution in [0, 0.1) is 0 Å². The van der Waals surface area contributed by atoms with E-state index in [0.29, 0.717) is 26.2 Å². The molecule has 0 aliphatic carbocycles. The predicted octanol–water partition coefficient (Wildman–Crippen LogP) is 1.70. The number of carboxylic acid groups (broad SMARTS) is 1. The molecule has 5 nitrogen and oxygen atoms in total. The van der Waals surface area contributed by atoms with Crippen molar-refractivity contribution >= 4 is 11.8 Å². The highest BCUT2D eigenvalue weighted by atomic mass is 19.4. The number of aromatic nitrogens is 1. The van der Waals surface area contributed by atoms with Gasteiger partial charge >= 0.3 is 12.1 Å². The van der Waals surface area contributed by atoms with E-state index in [2.05, 4.69) is 4.98 Å². The molecule has 2 rings (SSSR count). The van der Waals surface area contributed by atoms with Crippen LogP contribution in [0.1, 0.15) is 12.6 Å². The van der Waals surface area contributed by atoms with Crippen LogP contribution in [0.5, 0.6) is 0 Å². The summed E-state index contributed by atoms with van der Waals surface area (Å²) in [6.45, 7) is 3.45. The van der Waals surface area contributed by atoms with Crippen LogP contribution in [-0.2, 0) is 11.0 Å². The summed E-state index contributed by atoms with van der Waals surface area (Å²) in [4.78, 5) is 18.1. The molecule has 0 spiro atoms. The highest BCUT2D eigenvalue weighted by Gasteiger charge is 2.33. The van der Waals surface area contributed by atoms with Crippen LogP contribution in [0.2, 0.25) is 0 Å². The average Bonchev–Trinajstić information content (AvgIpc) is 2.46. The van der Waals surface area contributed by atoms with Crippen LogP contribution >= 0.6 is 0 Å². The number of hydrogen-bond donors (Lipinski definition) is 1. The van der Waals surface area contributed by atoms with Crippen LogP contribution in [0.4, 0.5) is 19.0 Å². The topological polar surface area (TPSA) is 56.7 Å². The van der Waals surface area contributed by atoms with Crippen LogP contribution in [0.15, 0.2) is 18.2 Å². The minimum atomic E-state index is -4.46. The van der Waals surface area contributed by atoms with Gasteiger partial charge in [-0.05, 0) is 19.1 Å². The second-order valence-electron chi connectivity index (χ2n) is 4.92. The normalized spacial score (nSPS) is 18.6. The lowest BCUT2D eigenvalue weighted by molar-refractivity contribution is -0.143. The molecule has 1 aromatic heterocycles. The fraction of sp³-hybridized carbons (Fsp3) is 0.538. The number of pyridine rings is 1. The van der Waals surface area contributed by atoms with Crippen LogP contribution in [0.25, 0.3) is 0 Å². The van der Waals surface area contributed by atoms with Crippen molar-refractivity contribution in [3.8, 4) is 0 Å². The molecule has 1 N–H and O–H groups in total. The summed E-state index contributed by atoms with van der Waals surface area (Å²) in [5.74, 6) is -0.631. The van der Waals surface area contributed by atoms with E-state index in [9.17, 15) is 18.0 Å². The van der Waals surface area contributed by atoms with Gasteiger partial charge in [-0.1, -0.05) is 6.07 Å². The van der Waals surface area contributed by atoms with E-state index in [1.54, 1.807) is 16.7 Å². The van der Waals surface area contributed by atoms with Gasteiger partial charge in [0, 0.05) is 26.2 Å². The maximum Gasteiger partial charge on any atom is 0.433 e. The summed E-state index contributed by atoms with van der Waals surface area (Å²) in [5.41, 5.74) is -0.915. The molecule has 1 atom stereocenters. The third kappa shape index (κ3) is 3.63. The van der Waals surface area contributed by atoms with Gasteiger partial charge in [-0.15, -0.1) is 0 Å². The fourth-order valence-corrected chi connectivity index (χ4v) is 2.25. The van der Waals surface area contributed by atoms with Crippen molar-refractivity contribution in [2.24, 2.45) is 0 Å². The highest BCUT2D eigenvalue weighted by molar-refractivity contribution is 5.72. The zero-order valence-electron chi connectivity index (χ0n) is 11.5. The average molecular weight is 303 g/mol. The summed E-state index contributed by atoms with van der Waals surface area (Å²) < 4.78 is 37.9. The quantitative estimate of drug-likeness (QED) is 0.921. The Labute approximate surface area is 120 Å². The van der Waals surface area contributed by atoms with E-state index < -0.39 is 23.9 Å². The second kappa shape index (κ2) is 5.88. The Morgan fingerprint density at radius 1 is 1.29 bits per heavy atom. The molecule has 1 aromatic rings. The van der Waals surface area contributed by atoms with Crippen molar-refractivity contribution in [2.75, 3.05) is 31.1 Å². The first-order valence-electron chi connectivity index (χ1n) is 6.55. The Morgan fingerprint density at radius 3 is 2.43 bits per heavy atom. The molecule has 1 aliphatic rings. The number of alkyl halides is 3. The molecule has 21 heavy (non-hydrogen) atoms. The molecule has 1 aliphatic heterocycles. The molecule has 116 valence electrons. The molecule has 0 bridgehead atoms. The van der Waals surface area contributed by atoms with Gasteiger partial charge in [-0.25, -0.2) is 4.98 Å². The number of piperazine rings is 1. The first-order valence-corrected chi connectivity index (χ1v) is 6.55. The van der Waals surface area contributed by atoms with Gasteiger partial charge in [0.2, 0.25) is 0 Å². The number of aliphatic carboxylic acids is 1. The molecule has 0 saturated carbocycles. The van der Waals surface area contributed by atoms with Gasteiger partial charge in [0.25, 0.3) is 0 Å². The minimum Gasteiger partial charge on any atom is -0.480 e. The molecule has 0 amide bonds. The third-order valence-electron chi connectivity index (χ3n) is 3.57. The van der Waals surface area contributed by atoms with Gasteiger partial charge in [-0.2, -0.15) is 13.2 Å². The van der Waals surface area contributed by atoms with Crippen molar-refractivity contribution in [3.63, 3.8) is 0 Å². The smallest absolute Gasteiger partial charge is 0.433 e. The van der Waals surface area contributed by atoms with Crippen LogP contribution in [0.3, 0.4) is 0 Å². The summed E-state index contributed by atoms with van der Waals surface area (Å²) in [7, 11) is 0. The van der Waals surface area contributed by atoms with Crippen LogP contribution < -0.4 is 4.90 Å². The lowest BCUT2D eigenvalue weighted by atomic mass is 10.2. The first kappa shape index (κ1) is 15.6. The molecule has 2 heterocycles. The monoisotopic (exact) mass is 303 g/mol. The molecule has 1 fully saturated rings. The van der Waals surface area contributed by atoms with E-state index in [4.69, 9.17) is 5.11 Å². The number of carbonyl (C=O) groups is 1. The van der Waals surface area contributed by atoms with Crippen LogP contribution in [-0.4, -0.2) is 53.2 Å². The SMILES string of the molecule is CC(C(=O)O)N1CCN(c2cccc(C(F)(F)F)n2)CC1. The number of carboxylic acids is 1. The summed E-state index contributed by atoms with van der Waals surface area (Å²) in [5, 5.41) is 8.95. The highest BCUT2D eigenvalue weighted by Crippen LogP contribution is 2.29. The van der Waals surface area contributed by atoms with E-state index in [-0.39, 0.29) is 5.82 Å². The number of halogens is 3. The lowest BCUT2D eigenvalue weighted by Crippen LogP contribution is -2.52. The van der Waals surface area contributed by atoms with E-state index in [1.807, 2.05) is 0 Å². The largest absolute Gasteiger partial charge is 0.480 e.